The number of benzene rings is 2. The van der Waals surface area contributed by atoms with Crippen molar-refractivity contribution >= 4 is 23.5 Å². The van der Waals surface area contributed by atoms with Crippen molar-refractivity contribution in [3.63, 3.8) is 0 Å². The van der Waals surface area contributed by atoms with Crippen LogP contribution in [0, 0.1) is 38.5 Å². The van der Waals surface area contributed by atoms with Crippen LogP contribution in [-0.4, -0.2) is 40.3 Å². The monoisotopic (exact) mass is 759 g/mol. The van der Waals surface area contributed by atoms with Gasteiger partial charge in [-0.3, -0.25) is 20.2 Å². The molecule has 9 nitrogen and oxygen atoms in total. The molecule has 0 aliphatic heterocycles. The van der Waals surface area contributed by atoms with Gasteiger partial charge < -0.3 is 5.73 Å². The molecular weight excluding hydrogens is 707 g/mol. The van der Waals surface area contributed by atoms with Crippen LogP contribution in [0.1, 0.15) is 104 Å². The van der Waals surface area contributed by atoms with E-state index in [-0.39, 0.29) is 10.8 Å². The summed E-state index contributed by atoms with van der Waals surface area (Å²) in [5.74, 6) is 1.30. The Morgan fingerprint density at radius 2 is 0.963 bits per heavy atom. The second-order valence-electron chi connectivity index (χ2n) is 16.7. The summed E-state index contributed by atoms with van der Waals surface area (Å²) >= 11 is 3.25. The zero-order valence-corrected chi connectivity index (χ0v) is 34.9. The van der Waals surface area contributed by atoms with Crippen molar-refractivity contribution in [3.05, 3.63) is 117 Å². The smallest absolute Gasteiger partial charge is 0.183 e. The number of aromatic nitrogens is 8. The molecule has 54 heavy (non-hydrogen) atoms. The fourth-order valence-electron chi connectivity index (χ4n) is 6.99. The highest BCUT2D eigenvalue weighted by atomic mass is 32.2. The van der Waals surface area contributed by atoms with E-state index in [2.05, 4.69) is 148 Å². The van der Waals surface area contributed by atoms with E-state index >= 15 is 0 Å². The van der Waals surface area contributed by atoms with Gasteiger partial charge in [-0.2, -0.15) is 10.2 Å². The number of hydrogen-bond donors (Lipinski definition) is 3. The van der Waals surface area contributed by atoms with E-state index in [1.165, 1.54) is 11.1 Å². The summed E-state index contributed by atoms with van der Waals surface area (Å²) in [6.45, 7) is 22.1. The molecule has 6 rings (SSSR count). The summed E-state index contributed by atoms with van der Waals surface area (Å²) in [7, 11) is 0. The van der Waals surface area contributed by atoms with E-state index in [1.54, 1.807) is 36.2 Å². The first kappa shape index (κ1) is 39.4. The van der Waals surface area contributed by atoms with Crippen molar-refractivity contribution in [1.82, 2.24) is 40.3 Å². The lowest BCUT2D eigenvalue weighted by molar-refractivity contribution is 0.401. The van der Waals surface area contributed by atoms with Gasteiger partial charge in [0.15, 0.2) is 10.3 Å². The Labute approximate surface area is 328 Å². The highest BCUT2D eigenvalue weighted by Crippen LogP contribution is 2.46. The first-order valence-electron chi connectivity index (χ1n) is 18.5. The lowest BCUT2D eigenvalue weighted by Gasteiger charge is -2.31. The fourth-order valence-corrected chi connectivity index (χ4v) is 8.73. The number of H-pyrrole nitrogens is 2. The number of aromatic amines is 2. The second-order valence-corrected chi connectivity index (χ2v) is 18.6. The Morgan fingerprint density at radius 3 is 1.28 bits per heavy atom. The highest BCUT2D eigenvalue weighted by Gasteiger charge is 2.33. The highest BCUT2D eigenvalue weighted by molar-refractivity contribution is 7.98. The third-order valence-electron chi connectivity index (χ3n) is 9.43. The van der Waals surface area contributed by atoms with Gasteiger partial charge in [0, 0.05) is 45.4 Å². The molecule has 0 spiro atoms. The predicted molar refractivity (Wildman–Crippen MR) is 223 cm³/mol. The van der Waals surface area contributed by atoms with Crippen molar-refractivity contribution in [1.29, 1.82) is 0 Å². The van der Waals surface area contributed by atoms with Crippen LogP contribution < -0.4 is 5.73 Å². The molecule has 282 valence electrons. The maximum absolute atomic E-state index is 7.96. The topological polar surface area (TPSA) is 135 Å². The number of hydrogen-bond acceptors (Lipinski definition) is 9. The molecule has 0 bridgehead atoms. The van der Waals surface area contributed by atoms with E-state index in [9.17, 15) is 0 Å². The van der Waals surface area contributed by atoms with Crippen LogP contribution in [0.5, 0.6) is 0 Å². The van der Waals surface area contributed by atoms with E-state index in [0.29, 0.717) is 11.5 Å². The Bertz CT molecular complexity index is 2020. The summed E-state index contributed by atoms with van der Waals surface area (Å²) < 4.78 is 0. The lowest BCUT2D eigenvalue weighted by atomic mass is 9.78. The number of nitrogens with one attached hydrogen (secondary N) is 2. The van der Waals surface area contributed by atoms with E-state index < -0.39 is 6.04 Å². The second kappa shape index (κ2) is 16.2. The van der Waals surface area contributed by atoms with Gasteiger partial charge in [-0.1, -0.05) is 125 Å². The van der Waals surface area contributed by atoms with Crippen molar-refractivity contribution in [3.8, 4) is 22.3 Å². The molecule has 4 N–H and O–H groups in total. The Morgan fingerprint density at radius 1 is 0.593 bits per heavy atom. The maximum atomic E-state index is 7.96. The normalized spacial score (nSPS) is 12.2. The number of rotatable bonds is 12. The molecule has 4 aromatic heterocycles. The van der Waals surface area contributed by atoms with Crippen LogP contribution in [0.3, 0.4) is 0 Å². The van der Waals surface area contributed by atoms with Crippen LogP contribution in [0.2, 0.25) is 0 Å². The van der Waals surface area contributed by atoms with Crippen molar-refractivity contribution in [2.75, 3.05) is 0 Å². The minimum absolute atomic E-state index is 0.0486. The zero-order chi connectivity index (χ0) is 38.8. The Hall–Kier alpha value is -4.32. The molecule has 0 unspecified atom stereocenters. The number of nitrogens with two attached hydrogens (primary N) is 1. The predicted octanol–water partition coefficient (Wildman–Crippen LogP) is 10.1. The molecule has 0 atom stereocenters. The molecule has 6 aromatic rings. The summed E-state index contributed by atoms with van der Waals surface area (Å²) in [4.78, 5) is 19.8. The van der Waals surface area contributed by atoms with E-state index in [4.69, 9.17) is 15.7 Å². The molecule has 0 fully saturated rings. The van der Waals surface area contributed by atoms with E-state index in [1.807, 2.05) is 0 Å². The molecule has 0 saturated carbocycles. The van der Waals surface area contributed by atoms with Gasteiger partial charge in [0.05, 0.1) is 6.04 Å². The zero-order valence-electron chi connectivity index (χ0n) is 33.3. The summed E-state index contributed by atoms with van der Waals surface area (Å²) in [5.41, 5.74) is 23.2. The van der Waals surface area contributed by atoms with Gasteiger partial charge in [0.25, 0.3) is 0 Å². The SMILES string of the molecule is Cc1ccc(-c2c(CSc3ncn[nH]3)c(C)nc(CC(C)(C)C)c2C(N)c2c(CC(C)(C)C)nc(C)c(CSc3ncn[nH]3)c2-c2ccc(C)cc2)cc1. The fraction of sp³-hybridized carbons (Fsp3) is 0.395. The molecular formula is C43H53N9S2. The largest absolute Gasteiger partial charge is 0.320 e. The van der Waals surface area contributed by atoms with Gasteiger partial charge in [0.1, 0.15) is 12.7 Å². The van der Waals surface area contributed by atoms with Gasteiger partial charge in [-0.15, -0.1) is 0 Å². The summed E-state index contributed by atoms with van der Waals surface area (Å²) in [6.07, 6.45) is 4.61. The van der Waals surface area contributed by atoms with Crippen molar-refractivity contribution < 1.29 is 0 Å². The molecule has 0 amide bonds. The first-order chi connectivity index (χ1) is 25.6. The van der Waals surface area contributed by atoms with Crippen molar-refractivity contribution in [2.24, 2.45) is 16.6 Å². The van der Waals surface area contributed by atoms with E-state index in [0.717, 1.165) is 90.4 Å². The average Bonchev–Trinajstić information content (AvgIpc) is 3.81. The number of thioether (sulfide) groups is 2. The number of nitrogens with zero attached hydrogens (tertiary/aromatic N) is 6. The summed E-state index contributed by atoms with van der Waals surface area (Å²) in [5, 5.41) is 15.8. The van der Waals surface area contributed by atoms with Gasteiger partial charge in [0.2, 0.25) is 0 Å². The minimum atomic E-state index is -0.545. The molecule has 2 aromatic carbocycles. The molecule has 4 heterocycles. The summed E-state index contributed by atoms with van der Waals surface area (Å²) in [6, 6.07) is 17.1. The lowest BCUT2D eigenvalue weighted by Crippen LogP contribution is -2.25. The third kappa shape index (κ3) is 9.30. The molecule has 0 saturated heterocycles. The number of aryl methyl sites for hydroxylation is 4. The maximum Gasteiger partial charge on any atom is 0.183 e. The average molecular weight is 760 g/mol. The first-order valence-corrected chi connectivity index (χ1v) is 20.5. The molecule has 0 radical (unpaired) electrons. The Balaban J connectivity index is 1.70. The van der Waals surface area contributed by atoms with Crippen LogP contribution in [0.4, 0.5) is 0 Å². The molecule has 0 aliphatic rings. The molecule has 11 heteroatoms. The van der Waals surface area contributed by atoms with Gasteiger partial charge in [-0.25, -0.2) is 9.97 Å². The van der Waals surface area contributed by atoms with Gasteiger partial charge >= 0.3 is 0 Å². The molecule has 0 aliphatic carbocycles. The van der Waals surface area contributed by atoms with Crippen LogP contribution >= 0.6 is 23.5 Å². The quantitative estimate of drug-likeness (QED) is 0.104. The standard InChI is InChI=1S/C43H53N9S2/c1-25-11-15-29(16-12-25)35-31(21-53-40-45-23-47-51-40)27(3)49-33(19-42(5,6)7)37(35)39(44)38-34(20-43(8,9)10)50-28(4)32(22-54-41-46-24-48-52-41)36(38)30-17-13-26(2)14-18-30/h11-18,23-24,39H,19-22,44H2,1-10H3,(H,45,47,51)(H,46,48,52). The third-order valence-corrected chi connectivity index (χ3v) is 11.2. The van der Waals surface area contributed by atoms with Gasteiger partial charge in [-0.05, 0) is 84.7 Å². The minimum Gasteiger partial charge on any atom is -0.320 e. The van der Waals surface area contributed by atoms with Crippen LogP contribution in [0.15, 0.2) is 71.5 Å². The van der Waals surface area contributed by atoms with Crippen molar-refractivity contribution in [2.45, 2.75) is 110 Å². The number of pyridine rings is 2. The van der Waals surface area contributed by atoms with Crippen LogP contribution in [0.25, 0.3) is 22.3 Å². The van der Waals surface area contributed by atoms with Crippen LogP contribution in [-0.2, 0) is 24.3 Å². The Kier molecular flexibility index (Phi) is 11.8.